The molecule has 2 aliphatic rings. The van der Waals surface area contributed by atoms with Crippen LogP contribution >= 0.6 is 0 Å². The fourth-order valence-electron chi connectivity index (χ4n) is 4.34. The molecule has 1 aliphatic heterocycles. The summed E-state index contributed by atoms with van der Waals surface area (Å²) in [4.78, 5) is 27.2. The molecule has 1 aliphatic carbocycles. The number of hydrogen-bond donors (Lipinski definition) is 1. The van der Waals surface area contributed by atoms with Crippen molar-refractivity contribution >= 4 is 17.5 Å². The number of carbonyl (C=O) groups excluding carboxylic acids is 2. The maximum Gasteiger partial charge on any atom is 0.251 e. The minimum Gasteiger partial charge on any atom is -0.348 e. The smallest absolute Gasteiger partial charge is 0.251 e. The molecular formula is C24H25N3O2. The highest BCUT2D eigenvalue weighted by atomic mass is 16.2. The van der Waals surface area contributed by atoms with Crippen molar-refractivity contribution in [2.24, 2.45) is 5.92 Å². The molecule has 0 bridgehead atoms. The Kier molecular flexibility index (Phi) is 5.62. The van der Waals surface area contributed by atoms with E-state index >= 15 is 0 Å². The van der Waals surface area contributed by atoms with Gasteiger partial charge in [0.05, 0.1) is 11.6 Å². The van der Waals surface area contributed by atoms with Crippen molar-refractivity contribution in [2.75, 3.05) is 11.4 Å². The molecule has 4 rings (SSSR count). The number of fused-ring (bicyclic) bond motifs is 1. The van der Waals surface area contributed by atoms with Crippen LogP contribution in [0.1, 0.15) is 59.2 Å². The van der Waals surface area contributed by atoms with Crippen LogP contribution in [-0.4, -0.2) is 18.4 Å². The van der Waals surface area contributed by atoms with E-state index in [9.17, 15) is 9.59 Å². The van der Waals surface area contributed by atoms with Crippen LogP contribution in [0.2, 0.25) is 0 Å². The van der Waals surface area contributed by atoms with Gasteiger partial charge in [-0.2, -0.15) is 5.26 Å². The predicted molar refractivity (Wildman–Crippen MR) is 111 cm³/mol. The molecule has 1 saturated carbocycles. The summed E-state index contributed by atoms with van der Waals surface area (Å²) < 4.78 is 0. The summed E-state index contributed by atoms with van der Waals surface area (Å²) in [6, 6.07) is 14.8. The molecule has 2 aromatic carbocycles. The highest BCUT2D eigenvalue weighted by Gasteiger charge is 2.30. The normalized spacial score (nSPS) is 16.2. The van der Waals surface area contributed by atoms with Crippen LogP contribution in [0.25, 0.3) is 0 Å². The fraction of sp³-hybridized carbons (Fsp3) is 0.375. The lowest BCUT2D eigenvalue weighted by Crippen LogP contribution is -2.35. The summed E-state index contributed by atoms with van der Waals surface area (Å²) in [5.74, 6) is 0.301. The topological polar surface area (TPSA) is 73.2 Å². The van der Waals surface area contributed by atoms with E-state index in [0.717, 1.165) is 49.9 Å². The van der Waals surface area contributed by atoms with Crippen molar-refractivity contribution in [3.8, 4) is 6.07 Å². The second-order valence-corrected chi connectivity index (χ2v) is 7.91. The summed E-state index contributed by atoms with van der Waals surface area (Å²) in [5, 5.41) is 11.8. The van der Waals surface area contributed by atoms with Gasteiger partial charge in [-0.05, 0) is 60.7 Å². The first-order valence-electron chi connectivity index (χ1n) is 10.4. The zero-order chi connectivity index (χ0) is 20.2. The molecule has 5 nitrogen and oxygen atoms in total. The molecule has 0 saturated heterocycles. The zero-order valence-corrected chi connectivity index (χ0v) is 16.5. The van der Waals surface area contributed by atoms with Gasteiger partial charge in [0, 0.05) is 30.3 Å². The molecule has 29 heavy (non-hydrogen) atoms. The van der Waals surface area contributed by atoms with Crippen LogP contribution in [0, 0.1) is 17.2 Å². The summed E-state index contributed by atoms with van der Waals surface area (Å²) in [6.07, 6.45) is 6.47. The molecule has 1 N–H and O–H groups in total. The molecule has 0 unspecified atom stereocenters. The van der Waals surface area contributed by atoms with Crippen LogP contribution in [0.15, 0.2) is 42.5 Å². The van der Waals surface area contributed by atoms with E-state index in [1.807, 2.05) is 23.1 Å². The van der Waals surface area contributed by atoms with Crippen molar-refractivity contribution in [3.05, 3.63) is 64.7 Å². The molecule has 0 aromatic heterocycles. The Morgan fingerprint density at radius 3 is 2.55 bits per heavy atom. The minimum atomic E-state index is -0.163. The van der Waals surface area contributed by atoms with Gasteiger partial charge in [-0.1, -0.05) is 31.4 Å². The Balaban J connectivity index is 1.39. The number of nitriles is 1. The standard InChI is InChI=1S/C24H25N3O2/c25-15-17-6-9-19(10-7-17)23(28)26-16-18-8-11-22-21(14-18)12-13-27(22)24(29)20-4-2-1-3-5-20/h6-11,14,20H,1-5,12-13,16H2,(H,26,28). The monoisotopic (exact) mass is 387 g/mol. The summed E-state index contributed by atoms with van der Waals surface area (Å²) >= 11 is 0. The Morgan fingerprint density at radius 2 is 1.83 bits per heavy atom. The van der Waals surface area contributed by atoms with E-state index < -0.39 is 0 Å². The Hall–Kier alpha value is -3.13. The maximum atomic E-state index is 12.9. The number of carbonyl (C=O) groups is 2. The largest absolute Gasteiger partial charge is 0.348 e. The highest BCUT2D eigenvalue weighted by Crippen LogP contribution is 2.33. The Morgan fingerprint density at radius 1 is 1.07 bits per heavy atom. The summed E-state index contributed by atoms with van der Waals surface area (Å²) in [7, 11) is 0. The van der Waals surface area contributed by atoms with Gasteiger partial charge in [0.1, 0.15) is 0 Å². The van der Waals surface area contributed by atoms with Gasteiger partial charge >= 0.3 is 0 Å². The van der Waals surface area contributed by atoms with Crippen molar-refractivity contribution < 1.29 is 9.59 Å². The molecule has 1 fully saturated rings. The van der Waals surface area contributed by atoms with E-state index in [1.54, 1.807) is 24.3 Å². The van der Waals surface area contributed by atoms with Crippen molar-refractivity contribution in [3.63, 3.8) is 0 Å². The van der Waals surface area contributed by atoms with E-state index in [4.69, 9.17) is 5.26 Å². The first-order valence-corrected chi connectivity index (χ1v) is 10.4. The van der Waals surface area contributed by atoms with Crippen LogP contribution in [0.5, 0.6) is 0 Å². The van der Waals surface area contributed by atoms with Gasteiger partial charge in [0.15, 0.2) is 0 Å². The Bertz CT molecular complexity index is 953. The van der Waals surface area contributed by atoms with E-state index in [0.29, 0.717) is 17.7 Å². The lowest BCUT2D eigenvalue weighted by Gasteiger charge is -2.26. The number of rotatable bonds is 4. The molecule has 2 amide bonds. The van der Waals surface area contributed by atoms with Gasteiger partial charge in [-0.15, -0.1) is 0 Å². The molecule has 0 spiro atoms. The average Bonchev–Trinajstić information content (AvgIpc) is 3.21. The third-order valence-corrected chi connectivity index (χ3v) is 5.99. The molecule has 0 radical (unpaired) electrons. The highest BCUT2D eigenvalue weighted by molar-refractivity contribution is 5.97. The van der Waals surface area contributed by atoms with E-state index in [2.05, 4.69) is 11.4 Å². The number of nitrogens with zero attached hydrogens (tertiary/aromatic N) is 2. The SMILES string of the molecule is N#Cc1ccc(C(=O)NCc2ccc3c(c2)CCN3C(=O)C2CCCCC2)cc1. The molecule has 5 heteroatoms. The summed E-state index contributed by atoms with van der Waals surface area (Å²) in [6.45, 7) is 1.19. The molecule has 2 aromatic rings. The number of anilines is 1. The van der Waals surface area contributed by atoms with Gasteiger partial charge in [-0.25, -0.2) is 0 Å². The van der Waals surface area contributed by atoms with Crippen LogP contribution in [0.4, 0.5) is 5.69 Å². The number of benzene rings is 2. The van der Waals surface area contributed by atoms with Crippen LogP contribution < -0.4 is 10.2 Å². The second kappa shape index (κ2) is 8.48. The Labute approximate surface area is 171 Å². The van der Waals surface area contributed by atoms with Crippen LogP contribution in [0.3, 0.4) is 0 Å². The van der Waals surface area contributed by atoms with E-state index in [1.165, 1.54) is 12.0 Å². The lowest BCUT2D eigenvalue weighted by molar-refractivity contribution is -0.123. The van der Waals surface area contributed by atoms with Gasteiger partial charge in [0.25, 0.3) is 5.91 Å². The van der Waals surface area contributed by atoms with Crippen LogP contribution in [-0.2, 0) is 17.8 Å². The molecule has 148 valence electrons. The maximum absolute atomic E-state index is 12.9. The zero-order valence-electron chi connectivity index (χ0n) is 16.5. The first-order chi connectivity index (χ1) is 14.2. The third kappa shape index (κ3) is 4.17. The second-order valence-electron chi connectivity index (χ2n) is 7.91. The lowest BCUT2D eigenvalue weighted by atomic mass is 9.88. The number of nitrogens with one attached hydrogen (secondary N) is 1. The number of amides is 2. The molecule has 0 atom stereocenters. The fourth-order valence-corrected chi connectivity index (χ4v) is 4.34. The van der Waals surface area contributed by atoms with Crippen molar-refractivity contribution in [1.29, 1.82) is 5.26 Å². The number of hydrogen-bond acceptors (Lipinski definition) is 3. The predicted octanol–water partition coefficient (Wildman–Crippen LogP) is 3.96. The quantitative estimate of drug-likeness (QED) is 0.863. The van der Waals surface area contributed by atoms with Gasteiger partial charge < -0.3 is 10.2 Å². The first kappa shape index (κ1) is 19.2. The van der Waals surface area contributed by atoms with Crippen molar-refractivity contribution in [2.45, 2.75) is 45.1 Å². The molecule has 1 heterocycles. The summed E-state index contributed by atoms with van der Waals surface area (Å²) in [5.41, 5.74) is 4.31. The third-order valence-electron chi connectivity index (χ3n) is 5.99. The minimum absolute atomic E-state index is 0.163. The van der Waals surface area contributed by atoms with E-state index in [-0.39, 0.29) is 17.7 Å². The average molecular weight is 387 g/mol. The van der Waals surface area contributed by atoms with Gasteiger partial charge in [0.2, 0.25) is 5.91 Å². The van der Waals surface area contributed by atoms with Crippen molar-refractivity contribution in [1.82, 2.24) is 5.32 Å². The van der Waals surface area contributed by atoms with Gasteiger partial charge in [-0.3, -0.25) is 9.59 Å². The molecular weight excluding hydrogens is 362 g/mol.